The van der Waals surface area contributed by atoms with Gasteiger partial charge in [0.2, 0.25) is 5.91 Å². The lowest BCUT2D eigenvalue weighted by molar-refractivity contribution is -0.122. The van der Waals surface area contributed by atoms with Crippen LogP contribution >= 0.6 is 0 Å². The summed E-state index contributed by atoms with van der Waals surface area (Å²) < 4.78 is 1.94. The zero-order valence-electron chi connectivity index (χ0n) is 12.7. The molecule has 2 N–H and O–H groups in total. The van der Waals surface area contributed by atoms with Crippen LogP contribution in [0.25, 0.3) is 0 Å². The van der Waals surface area contributed by atoms with Gasteiger partial charge in [-0.2, -0.15) is 0 Å². The van der Waals surface area contributed by atoms with E-state index in [-0.39, 0.29) is 12.0 Å². The van der Waals surface area contributed by atoms with E-state index in [0.717, 1.165) is 37.7 Å². The molecule has 1 heterocycles. The third-order valence-electron chi connectivity index (χ3n) is 4.83. The molecule has 2 aliphatic carbocycles. The fourth-order valence-corrected chi connectivity index (χ4v) is 3.68. The van der Waals surface area contributed by atoms with Gasteiger partial charge in [0.05, 0.1) is 6.10 Å². The van der Waals surface area contributed by atoms with Crippen molar-refractivity contribution in [2.24, 2.45) is 0 Å². The second-order valence-corrected chi connectivity index (χ2v) is 6.58. The second-order valence-electron chi connectivity index (χ2n) is 6.58. The normalized spacial score (nSPS) is 23.4. The highest BCUT2D eigenvalue weighted by molar-refractivity contribution is 5.76. The highest BCUT2D eigenvalue weighted by Crippen LogP contribution is 2.30. The quantitative estimate of drug-likeness (QED) is 0.841. The van der Waals surface area contributed by atoms with Crippen molar-refractivity contribution in [2.75, 3.05) is 0 Å². The van der Waals surface area contributed by atoms with Crippen molar-refractivity contribution in [2.45, 2.75) is 76.5 Å². The predicted molar refractivity (Wildman–Crippen MR) is 82.0 cm³/mol. The first-order valence-corrected chi connectivity index (χ1v) is 8.38. The van der Waals surface area contributed by atoms with Crippen molar-refractivity contribution in [3.05, 3.63) is 23.5 Å². The number of hydrogen-bond acceptors (Lipinski definition) is 2. The van der Waals surface area contributed by atoms with Gasteiger partial charge in [-0.15, -0.1) is 0 Å². The van der Waals surface area contributed by atoms with Gasteiger partial charge in [0.1, 0.15) is 6.54 Å². The van der Waals surface area contributed by atoms with Crippen LogP contribution in [0.5, 0.6) is 0 Å². The lowest BCUT2D eigenvalue weighted by Crippen LogP contribution is -2.36. The van der Waals surface area contributed by atoms with Crippen LogP contribution in [0.2, 0.25) is 0 Å². The number of aliphatic hydroxyl groups is 1. The van der Waals surface area contributed by atoms with Crippen molar-refractivity contribution in [3.8, 4) is 0 Å². The maximum atomic E-state index is 12.2. The van der Waals surface area contributed by atoms with Gasteiger partial charge >= 0.3 is 0 Å². The molecule has 116 valence electrons. The van der Waals surface area contributed by atoms with Crippen LogP contribution in [0, 0.1) is 0 Å². The van der Waals surface area contributed by atoms with Gasteiger partial charge in [-0.05, 0) is 37.7 Å². The Kier molecular flexibility index (Phi) is 4.63. The third kappa shape index (κ3) is 3.67. The van der Waals surface area contributed by atoms with Crippen molar-refractivity contribution in [3.63, 3.8) is 0 Å². The number of rotatable bonds is 3. The van der Waals surface area contributed by atoms with E-state index in [0.29, 0.717) is 12.6 Å². The van der Waals surface area contributed by atoms with Gasteiger partial charge in [0.15, 0.2) is 0 Å². The van der Waals surface area contributed by atoms with Gasteiger partial charge in [-0.3, -0.25) is 4.79 Å². The number of fused-ring (bicyclic) bond motifs is 1. The molecule has 1 aromatic heterocycles. The monoisotopic (exact) mass is 290 g/mol. The Hall–Kier alpha value is -1.29. The molecule has 0 saturated heterocycles. The number of nitrogens with zero attached hydrogens (tertiary/aromatic N) is 1. The van der Waals surface area contributed by atoms with E-state index < -0.39 is 0 Å². The largest absolute Gasteiger partial charge is 0.388 e. The average molecular weight is 290 g/mol. The Morgan fingerprint density at radius 2 is 1.90 bits per heavy atom. The first kappa shape index (κ1) is 14.6. The Balaban J connectivity index is 1.57. The summed E-state index contributed by atoms with van der Waals surface area (Å²) in [6.45, 7) is 0.371. The number of hydrogen-bond donors (Lipinski definition) is 2. The smallest absolute Gasteiger partial charge is 0.240 e. The molecular weight excluding hydrogens is 264 g/mol. The number of carbonyl (C=O) groups excluding carboxylic acids is 1. The number of carbonyl (C=O) groups is 1. The van der Waals surface area contributed by atoms with Crippen LogP contribution in [0.4, 0.5) is 0 Å². The summed E-state index contributed by atoms with van der Waals surface area (Å²) >= 11 is 0. The molecule has 4 heteroatoms. The lowest BCUT2D eigenvalue weighted by Gasteiger charge is -2.16. The molecule has 1 aromatic rings. The van der Waals surface area contributed by atoms with E-state index in [9.17, 15) is 9.90 Å². The molecule has 1 unspecified atom stereocenters. The predicted octanol–water partition coefficient (Wildman–Crippen LogP) is 2.70. The molecule has 1 saturated carbocycles. The van der Waals surface area contributed by atoms with Crippen LogP contribution in [0.3, 0.4) is 0 Å². The molecular formula is C17H26N2O2. The Morgan fingerprint density at radius 3 is 2.62 bits per heavy atom. The van der Waals surface area contributed by atoms with Gasteiger partial charge in [0.25, 0.3) is 0 Å². The van der Waals surface area contributed by atoms with E-state index in [2.05, 4.69) is 5.32 Å². The Bertz CT molecular complexity index is 487. The molecule has 2 aliphatic rings. The van der Waals surface area contributed by atoms with E-state index in [1.807, 2.05) is 17.0 Å². The van der Waals surface area contributed by atoms with Crippen LogP contribution < -0.4 is 5.32 Å². The average Bonchev–Trinajstić information content (AvgIpc) is 2.69. The van der Waals surface area contributed by atoms with Crippen molar-refractivity contribution in [1.82, 2.24) is 9.88 Å². The van der Waals surface area contributed by atoms with E-state index >= 15 is 0 Å². The maximum absolute atomic E-state index is 12.2. The summed E-state index contributed by atoms with van der Waals surface area (Å²) in [7, 11) is 0. The topological polar surface area (TPSA) is 54.3 Å². The van der Waals surface area contributed by atoms with Crippen LogP contribution in [-0.4, -0.2) is 21.6 Å². The zero-order valence-corrected chi connectivity index (χ0v) is 12.7. The van der Waals surface area contributed by atoms with Gasteiger partial charge < -0.3 is 15.0 Å². The number of aromatic nitrogens is 1. The summed E-state index contributed by atoms with van der Waals surface area (Å²) in [5.41, 5.74) is 2.22. The molecule has 0 aromatic carbocycles. The van der Waals surface area contributed by atoms with Gasteiger partial charge in [0, 0.05) is 24.0 Å². The third-order valence-corrected chi connectivity index (χ3v) is 4.83. The molecule has 1 atom stereocenters. The maximum Gasteiger partial charge on any atom is 0.240 e. The summed E-state index contributed by atoms with van der Waals surface area (Å²) in [5.74, 6) is 0.101. The Morgan fingerprint density at radius 1 is 1.14 bits per heavy atom. The van der Waals surface area contributed by atoms with Crippen LogP contribution in [-0.2, 0) is 17.8 Å². The molecule has 1 amide bonds. The summed E-state index contributed by atoms with van der Waals surface area (Å²) in [6, 6.07) is 0.357. The highest BCUT2D eigenvalue weighted by Gasteiger charge is 2.21. The first-order valence-electron chi connectivity index (χ1n) is 8.38. The van der Waals surface area contributed by atoms with Crippen LogP contribution in [0.1, 0.15) is 68.6 Å². The lowest BCUT2D eigenvalue weighted by atomic mass is 9.93. The number of aryl methyl sites for hydroxylation is 1. The molecule has 3 rings (SSSR count). The fraction of sp³-hybridized carbons (Fsp3) is 0.706. The summed E-state index contributed by atoms with van der Waals surface area (Å²) in [4.78, 5) is 12.2. The molecule has 0 aliphatic heterocycles. The SMILES string of the molecule is O=C(Cn1cc2c(c1)C(O)CCC2)NC1CCCCCC1. The second kappa shape index (κ2) is 6.65. The minimum Gasteiger partial charge on any atom is -0.388 e. The minimum atomic E-state index is -0.347. The standard InChI is InChI=1S/C17H26N2O2/c20-16-9-5-6-13-10-19(11-15(13)16)12-17(21)18-14-7-3-1-2-4-8-14/h10-11,14,16,20H,1-9,12H2,(H,18,21). The molecule has 0 bridgehead atoms. The number of amides is 1. The molecule has 0 radical (unpaired) electrons. The van der Waals surface area contributed by atoms with E-state index in [1.54, 1.807) is 0 Å². The molecule has 4 nitrogen and oxygen atoms in total. The van der Waals surface area contributed by atoms with Crippen molar-refractivity contribution >= 4 is 5.91 Å². The Labute approximate surface area is 126 Å². The molecule has 1 fully saturated rings. The van der Waals surface area contributed by atoms with Crippen molar-refractivity contribution in [1.29, 1.82) is 0 Å². The van der Waals surface area contributed by atoms with Gasteiger partial charge in [-0.1, -0.05) is 25.7 Å². The minimum absolute atomic E-state index is 0.101. The number of nitrogens with one attached hydrogen (secondary N) is 1. The van der Waals surface area contributed by atoms with Crippen molar-refractivity contribution < 1.29 is 9.90 Å². The summed E-state index contributed by atoms with van der Waals surface area (Å²) in [6.07, 6.45) is 13.8. The number of aliphatic hydroxyl groups excluding tert-OH is 1. The molecule has 0 spiro atoms. The zero-order chi connectivity index (χ0) is 14.7. The van der Waals surface area contributed by atoms with E-state index in [4.69, 9.17) is 0 Å². The van der Waals surface area contributed by atoms with E-state index in [1.165, 1.54) is 31.2 Å². The van der Waals surface area contributed by atoms with Crippen LogP contribution in [0.15, 0.2) is 12.4 Å². The fourth-order valence-electron chi connectivity index (χ4n) is 3.68. The summed E-state index contributed by atoms with van der Waals surface area (Å²) in [5, 5.41) is 13.2. The molecule has 21 heavy (non-hydrogen) atoms. The first-order chi connectivity index (χ1) is 10.2. The highest BCUT2D eigenvalue weighted by atomic mass is 16.3. The van der Waals surface area contributed by atoms with Gasteiger partial charge in [-0.25, -0.2) is 0 Å².